The molecule has 0 N–H and O–H groups in total. The van der Waals surface area contributed by atoms with Crippen molar-refractivity contribution in [3.63, 3.8) is 0 Å². The van der Waals surface area contributed by atoms with Gasteiger partial charge in [-0.2, -0.15) is 0 Å². The Kier molecular flexibility index (Phi) is 9.28. The molecule has 0 fully saturated rings. The maximum atomic E-state index is 14.2. The maximum Gasteiger partial charge on any atom is 0.344 e. The van der Waals surface area contributed by atoms with E-state index in [0.29, 0.717) is 0 Å². The van der Waals surface area contributed by atoms with Gasteiger partial charge in [0.05, 0.1) is 57.1 Å². The van der Waals surface area contributed by atoms with Gasteiger partial charge in [0.25, 0.3) is 0 Å². The lowest BCUT2D eigenvalue weighted by molar-refractivity contribution is 0.0591. The molecule has 0 unspecified atom stereocenters. The highest BCUT2D eigenvalue weighted by molar-refractivity contribution is 7.85. The van der Waals surface area contributed by atoms with Gasteiger partial charge in [0.2, 0.25) is 0 Å². The van der Waals surface area contributed by atoms with Crippen molar-refractivity contribution in [3.05, 3.63) is 118 Å². The maximum absolute atomic E-state index is 14.2. The van der Waals surface area contributed by atoms with E-state index < -0.39 is 34.7 Å². The fourth-order valence-electron chi connectivity index (χ4n) is 3.83. The van der Waals surface area contributed by atoms with Gasteiger partial charge >= 0.3 is 23.9 Å². The first-order chi connectivity index (χ1) is 20.1. The van der Waals surface area contributed by atoms with Crippen molar-refractivity contribution in [2.75, 3.05) is 14.2 Å². The van der Waals surface area contributed by atoms with Crippen LogP contribution in [0.1, 0.15) is 52.6 Å². The number of carbonyl (C=O) groups excluding carboxylic acids is 4. The van der Waals surface area contributed by atoms with Crippen molar-refractivity contribution in [2.45, 2.75) is 23.6 Å². The molecule has 10 heteroatoms. The van der Waals surface area contributed by atoms with E-state index in [-0.39, 0.29) is 43.5 Å². The summed E-state index contributed by atoms with van der Waals surface area (Å²) in [5.41, 5.74) is 1.64. The molecule has 0 aliphatic rings. The molecule has 0 heterocycles. The first-order valence-corrected chi connectivity index (χ1v) is 13.7. The Hall–Kier alpha value is -5.09. The Morgan fingerprint density at radius 3 is 1.21 bits per heavy atom. The van der Waals surface area contributed by atoms with E-state index in [1.165, 1.54) is 50.6 Å². The van der Waals surface area contributed by atoms with E-state index in [1.807, 2.05) is 13.8 Å². The van der Waals surface area contributed by atoms with Crippen LogP contribution in [-0.4, -0.2) is 42.3 Å². The summed E-state index contributed by atoms with van der Waals surface area (Å²) in [7, 11) is 0.0471. The van der Waals surface area contributed by atoms with Crippen LogP contribution in [-0.2, 0) is 20.3 Å². The lowest BCUT2D eigenvalue weighted by atomic mass is 10.1. The zero-order valence-electron chi connectivity index (χ0n) is 23.2. The second kappa shape index (κ2) is 13.0. The predicted octanol–water partition coefficient (Wildman–Crippen LogP) is 5.48. The molecule has 42 heavy (non-hydrogen) atoms. The zero-order chi connectivity index (χ0) is 30.4. The van der Waals surface area contributed by atoms with Crippen LogP contribution in [0.25, 0.3) is 0 Å². The van der Waals surface area contributed by atoms with Gasteiger partial charge in [0.15, 0.2) is 0 Å². The average Bonchev–Trinajstić information content (AvgIpc) is 3.01. The summed E-state index contributed by atoms with van der Waals surface area (Å²) in [6, 6.07) is 21.1. The molecule has 4 rings (SSSR count). The van der Waals surface area contributed by atoms with Crippen LogP contribution in [0, 0.1) is 13.8 Å². The van der Waals surface area contributed by atoms with Crippen LogP contribution in [0.4, 0.5) is 0 Å². The Balaban J connectivity index is 1.82. The van der Waals surface area contributed by atoms with Crippen molar-refractivity contribution in [2.24, 2.45) is 0 Å². The largest absolute Gasteiger partial charge is 0.465 e. The molecule has 0 atom stereocenters. The highest BCUT2D eigenvalue weighted by Crippen LogP contribution is 2.28. The molecule has 4 aromatic rings. The van der Waals surface area contributed by atoms with Crippen molar-refractivity contribution in [3.8, 4) is 11.5 Å². The number of methoxy groups -OCH3 is 2. The highest BCUT2D eigenvalue weighted by atomic mass is 32.2. The summed E-state index contributed by atoms with van der Waals surface area (Å²) in [4.78, 5) is 50.9. The normalized spacial score (nSPS) is 10.6. The van der Waals surface area contributed by atoms with Gasteiger partial charge in [-0.3, -0.25) is 0 Å². The summed E-state index contributed by atoms with van der Waals surface area (Å²) in [5.74, 6) is -2.70. The van der Waals surface area contributed by atoms with Crippen LogP contribution >= 0.6 is 0 Å². The van der Waals surface area contributed by atoms with Gasteiger partial charge in [-0.25, -0.2) is 23.4 Å². The number of ether oxygens (including phenoxy) is 4. The molecule has 0 bridgehead atoms. The van der Waals surface area contributed by atoms with Crippen molar-refractivity contribution in [1.82, 2.24) is 0 Å². The number of esters is 4. The number of carbonyl (C=O) groups is 4. The minimum atomic E-state index is -2.31. The van der Waals surface area contributed by atoms with Gasteiger partial charge in [-0.05, 0) is 74.5 Å². The Labute approximate surface area is 244 Å². The van der Waals surface area contributed by atoms with Crippen molar-refractivity contribution >= 4 is 34.7 Å². The Morgan fingerprint density at radius 2 is 0.881 bits per heavy atom. The summed E-state index contributed by atoms with van der Waals surface area (Å²) >= 11 is 0. The monoisotopic (exact) mass is 586 g/mol. The van der Waals surface area contributed by atoms with E-state index >= 15 is 0 Å². The first kappa shape index (κ1) is 29.9. The molecule has 0 aromatic heterocycles. The van der Waals surface area contributed by atoms with Crippen molar-refractivity contribution < 1.29 is 42.3 Å². The SMILES string of the molecule is COC(=O)c1ccc(C(=O)Oc2ccc(C)cc2)c(S(=O)c2cc(C(=O)OC)ccc2C(=O)Oc2ccc(C)cc2)c1. The van der Waals surface area contributed by atoms with E-state index in [2.05, 4.69) is 0 Å². The lowest BCUT2D eigenvalue weighted by Crippen LogP contribution is -2.17. The molecule has 0 saturated heterocycles. The zero-order valence-corrected chi connectivity index (χ0v) is 24.0. The van der Waals surface area contributed by atoms with Gasteiger partial charge < -0.3 is 18.9 Å². The standard InChI is InChI=1S/C32H26O9S/c1-19-5-11-23(12-6-19)40-31(35)25-15-9-21(29(33)38-3)17-27(25)42(37)28-18-22(30(34)39-4)10-16-26(28)32(36)41-24-13-7-20(2)8-14-24/h5-18H,1-4H3. The van der Waals surface area contributed by atoms with Gasteiger partial charge in [-0.1, -0.05) is 35.4 Å². The number of aryl methyl sites for hydroxylation is 2. The summed E-state index contributed by atoms with van der Waals surface area (Å²) in [6.07, 6.45) is 0. The summed E-state index contributed by atoms with van der Waals surface area (Å²) in [5, 5.41) is 0. The molecule has 0 spiro atoms. The topological polar surface area (TPSA) is 122 Å². The Bertz CT molecular complexity index is 1570. The second-order valence-corrected chi connectivity index (χ2v) is 10.5. The third-order valence-corrected chi connectivity index (χ3v) is 7.58. The average molecular weight is 587 g/mol. The summed E-state index contributed by atoms with van der Waals surface area (Å²) < 4.78 is 34.8. The lowest BCUT2D eigenvalue weighted by Gasteiger charge is -2.14. The van der Waals surface area contributed by atoms with Crippen LogP contribution in [0.3, 0.4) is 0 Å². The molecule has 0 aliphatic heterocycles. The van der Waals surface area contributed by atoms with Gasteiger partial charge in [0.1, 0.15) is 11.5 Å². The fraction of sp³-hybridized carbons (Fsp3) is 0.125. The predicted molar refractivity (Wildman–Crippen MR) is 153 cm³/mol. The molecule has 0 amide bonds. The molecule has 0 radical (unpaired) electrons. The number of hydrogen-bond donors (Lipinski definition) is 0. The molecule has 9 nitrogen and oxygen atoms in total. The molecule has 0 saturated carbocycles. The smallest absolute Gasteiger partial charge is 0.344 e. The van der Waals surface area contributed by atoms with Crippen molar-refractivity contribution in [1.29, 1.82) is 0 Å². The minimum absolute atomic E-state index is 0.000593. The van der Waals surface area contributed by atoms with Crippen LogP contribution in [0.5, 0.6) is 11.5 Å². The third-order valence-electron chi connectivity index (χ3n) is 6.11. The number of rotatable bonds is 8. The molecule has 4 aromatic carbocycles. The van der Waals surface area contributed by atoms with Crippen LogP contribution < -0.4 is 9.47 Å². The molecular formula is C32H26O9S. The molecular weight excluding hydrogens is 560 g/mol. The van der Waals surface area contributed by atoms with Gasteiger partial charge in [-0.15, -0.1) is 0 Å². The van der Waals surface area contributed by atoms with E-state index in [1.54, 1.807) is 48.5 Å². The van der Waals surface area contributed by atoms with E-state index in [0.717, 1.165) is 11.1 Å². The number of benzene rings is 4. The van der Waals surface area contributed by atoms with E-state index in [9.17, 15) is 23.4 Å². The van der Waals surface area contributed by atoms with Crippen LogP contribution in [0.15, 0.2) is 94.7 Å². The molecule has 0 aliphatic carbocycles. The first-order valence-electron chi connectivity index (χ1n) is 12.6. The van der Waals surface area contributed by atoms with Crippen LogP contribution in [0.2, 0.25) is 0 Å². The fourth-order valence-corrected chi connectivity index (χ4v) is 5.24. The Morgan fingerprint density at radius 1 is 0.524 bits per heavy atom. The minimum Gasteiger partial charge on any atom is -0.465 e. The second-order valence-electron chi connectivity index (χ2n) is 9.08. The third kappa shape index (κ3) is 6.79. The molecule has 214 valence electrons. The number of hydrogen-bond acceptors (Lipinski definition) is 9. The summed E-state index contributed by atoms with van der Waals surface area (Å²) in [6.45, 7) is 3.75. The van der Waals surface area contributed by atoms with Gasteiger partial charge in [0, 0.05) is 0 Å². The quantitative estimate of drug-likeness (QED) is 0.195. The van der Waals surface area contributed by atoms with E-state index in [4.69, 9.17) is 18.9 Å². The highest BCUT2D eigenvalue weighted by Gasteiger charge is 2.27.